The van der Waals surface area contributed by atoms with Crippen molar-refractivity contribution in [3.63, 3.8) is 0 Å². The minimum absolute atomic E-state index is 0.154. The van der Waals surface area contributed by atoms with Gasteiger partial charge in [-0.25, -0.2) is 0 Å². The van der Waals surface area contributed by atoms with E-state index >= 15 is 0 Å². The number of hydrogen-bond donors (Lipinski definition) is 1. The summed E-state index contributed by atoms with van der Waals surface area (Å²) in [5, 5.41) is 4.37. The number of nitrogens with zero attached hydrogens (tertiary/aromatic N) is 1. The van der Waals surface area contributed by atoms with Crippen molar-refractivity contribution in [3.05, 3.63) is 58.6 Å². The van der Waals surface area contributed by atoms with Gasteiger partial charge in [0.25, 0.3) is 5.91 Å². The molecule has 108 valence electrons. The van der Waals surface area contributed by atoms with Crippen molar-refractivity contribution in [2.45, 2.75) is 13.5 Å². The molecule has 0 aliphatic rings. The Balaban J connectivity index is 1.84. The maximum absolute atomic E-state index is 12.3. The molecule has 1 N–H and O–H groups in total. The molecule has 0 aliphatic carbocycles. The highest BCUT2D eigenvalue weighted by Crippen LogP contribution is 2.26. The lowest BCUT2D eigenvalue weighted by atomic mass is 10.2. The largest absolute Gasteiger partial charge is 0.465 e. The predicted molar refractivity (Wildman–Crippen MR) is 82.5 cm³/mol. The number of benzene rings is 1. The number of halogens is 1. The van der Waals surface area contributed by atoms with Gasteiger partial charge in [0.15, 0.2) is 0 Å². The van der Waals surface area contributed by atoms with Crippen LogP contribution >= 0.6 is 11.6 Å². The Kier molecular flexibility index (Phi) is 3.47. The molecule has 3 aromatic rings. The van der Waals surface area contributed by atoms with Crippen LogP contribution in [0.4, 0.5) is 0 Å². The molecular formula is C16H15ClN2O2. The smallest absolute Gasteiger partial charge is 0.268 e. The molecule has 21 heavy (non-hydrogen) atoms. The highest BCUT2D eigenvalue weighted by atomic mass is 35.5. The third-order valence-electron chi connectivity index (χ3n) is 3.49. The monoisotopic (exact) mass is 302 g/mol. The van der Waals surface area contributed by atoms with Gasteiger partial charge in [0.05, 0.1) is 6.54 Å². The average Bonchev–Trinajstić information content (AvgIpc) is 3.02. The second-order valence-electron chi connectivity index (χ2n) is 4.96. The fourth-order valence-corrected chi connectivity index (χ4v) is 2.60. The summed E-state index contributed by atoms with van der Waals surface area (Å²) in [6.07, 6.45) is 0. The number of rotatable bonds is 3. The maximum atomic E-state index is 12.3. The van der Waals surface area contributed by atoms with Gasteiger partial charge in [0.2, 0.25) is 0 Å². The Morgan fingerprint density at radius 3 is 2.81 bits per heavy atom. The number of amides is 1. The average molecular weight is 303 g/mol. The van der Waals surface area contributed by atoms with Gasteiger partial charge >= 0.3 is 0 Å². The number of fused-ring (bicyclic) bond motifs is 1. The number of aryl methyl sites for hydroxylation is 2. The topological polar surface area (TPSA) is 47.2 Å². The van der Waals surface area contributed by atoms with Crippen LogP contribution in [0.1, 0.15) is 22.0 Å². The molecule has 0 fully saturated rings. The summed E-state index contributed by atoms with van der Waals surface area (Å²) >= 11 is 6.16. The Labute approximate surface area is 127 Å². The second kappa shape index (κ2) is 5.30. The molecule has 3 rings (SSSR count). The summed E-state index contributed by atoms with van der Waals surface area (Å²) in [4.78, 5) is 12.3. The zero-order valence-corrected chi connectivity index (χ0v) is 12.6. The van der Waals surface area contributed by atoms with Crippen molar-refractivity contribution in [1.29, 1.82) is 0 Å². The van der Waals surface area contributed by atoms with Gasteiger partial charge < -0.3 is 14.3 Å². The highest BCUT2D eigenvalue weighted by Gasteiger charge is 2.14. The van der Waals surface area contributed by atoms with Crippen LogP contribution in [0.3, 0.4) is 0 Å². The van der Waals surface area contributed by atoms with Gasteiger partial charge in [-0.05, 0) is 37.3 Å². The molecule has 0 bridgehead atoms. The number of hydrogen-bond acceptors (Lipinski definition) is 2. The van der Waals surface area contributed by atoms with Crippen LogP contribution < -0.4 is 5.32 Å². The molecule has 2 heterocycles. The first-order valence-electron chi connectivity index (χ1n) is 6.63. The molecule has 1 aromatic carbocycles. The van der Waals surface area contributed by atoms with Crippen LogP contribution in [0.15, 0.2) is 40.8 Å². The lowest BCUT2D eigenvalue weighted by Crippen LogP contribution is -2.24. The quantitative estimate of drug-likeness (QED) is 0.802. The predicted octanol–water partition coefficient (Wildman–Crippen LogP) is 3.66. The van der Waals surface area contributed by atoms with Crippen molar-refractivity contribution >= 4 is 28.4 Å². The van der Waals surface area contributed by atoms with E-state index < -0.39 is 0 Å². The van der Waals surface area contributed by atoms with Crippen molar-refractivity contribution in [3.8, 4) is 0 Å². The minimum Gasteiger partial charge on any atom is -0.465 e. The summed E-state index contributed by atoms with van der Waals surface area (Å²) in [5.74, 6) is 1.41. The van der Waals surface area contributed by atoms with E-state index in [2.05, 4.69) is 5.32 Å². The lowest BCUT2D eigenvalue weighted by Gasteiger charge is -2.05. The van der Waals surface area contributed by atoms with E-state index in [1.165, 1.54) is 0 Å². The van der Waals surface area contributed by atoms with E-state index in [4.69, 9.17) is 16.0 Å². The lowest BCUT2D eigenvalue weighted by molar-refractivity contribution is 0.0940. The number of nitrogens with one attached hydrogen (secondary N) is 1. The number of carbonyl (C=O) groups excluding carboxylic acids is 1. The van der Waals surface area contributed by atoms with Gasteiger partial charge in [-0.2, -0.15) is 0 Å². The zero-order chi connectivity index (χ0) is 15.0. The molecule has 0 atom stereocenters. The van der Waals surface area contributed by atoms with Crippen LogP contribution in [0.2, 0.25) is 5.02 Å². The van der Waals surface area contributed by atoms with Crippen molar-refractivity contribution in [2.24, 2.45) is 7.05 Å². The molecule has 0 saturated heterocycles. The summed E-state index contributed by atoms with van der Waals surface area (Å²) in [7, 11) is 1.85. The standard InChI is InChI=1S/C16H15ClN2O2/c1-10-6-7-11(21-10)9-18-16(20)15-8-12-13(17)4-3-5-14(12)19(15)2/h3-8H,9H2,1-2H3,(H,18,20). The van der Waals surface area contributed by atoms with Gasteiger partial charge in [0, 0.05) is 23.0 Å². The first kappa shape index (κ1) is 13.8. The molecular weight excluding hydrogens is 288 g/mol. The Bertz CT molecular complexity index is 817. The van der Waals surface area contributed by atoms with Crippen LogP contribution in [0.25, 0.3) is 10.9 Å². The number of carbonyl (C=O) groups is 1. The van der Waals surface area contributed by atoms with E-state index in [1.54, 1.807) is 6.07 Å². The van der Waals surface area contributed by atoms with Crippen molar-refractivity contribution < 1.29 is 9.21 Å². The first-order chi connectivity index (χ1) is 10.1. The first-order valence-corrected chi connectivity index (χ1v) is 7.01. The molecule has 0 aliphatic heterocycles. The molecule has 0 unspecified atom stereocenters. The van der Waals surface area contributed by atoms with Crippen LogP contribution in [0, 0.1) is 6.92 Å². The molecule has 0 saturated carbocycles. The maximum Gasteiger partial charge on any atom is 0.268 e. The van der Waals surface area contributed by atoms with Crippen LogP contribution in [-0.2, 0) is 13.6 Å². The van der Waals surface area contributed by atoms with E-state index in [0.29, 0.717) is 17.3 Å². The van der Waals surface area contributed by atoms with E-state index in [-0.39, 0.29) is 5.91 Å². The van der Waals surface area contributed by atoms with E-state index in [9.17, 15) is 4.79 Å². The fourth-order valence-electron chi connectivity index (χ4n) is 2.38. The molecule has 2 aromatic heterocycles. The minimum atomic E-state index is -0.154. The molecule has 5 heteroatoms. The summed E-state index contributed by atoms with van der Waals surface area (Å²) < 4.78 is 7.27. The second-order valence-corrected chi connectivity index (χ2v) is 5.36. The van der Waals surface area contributed by atoms with Gasteiger partial charge in [-0.15, -0.1) is 0 Å². The third kappa shape index (κ3) is 2.54. The van der Waals surface area contributed by atoms with Crippen LogP contribution in [-0.4, -0.2) is 10.5 Å². The van der Waals surface area contributed by atoms with Crippen LogP contribution in [0.5, 0.6) is 0 Å². The SMILES string of the molecule is Cc1ccc(CNC(=O)c2cc3c(Cl)cccc3n2C)o1. The fraction of sp³-hybridized carbons (Fsp3) is 0.188. The van der Waals surface area contributed by atoms with Gasteiger partial charge in [-0.3, -0.25) is 4.79 Å². The third-order valence-corrected chi connectivity index (χ3v) is 3.82. The number of furan rings is 1. The highest BCUT2D eigenvalue weighted by molar-refractivity contribution is 6.35. The van der Waals surface area contributed by atoms with Gasteiger partial charge in [0.1, 0.15) is 17.2 Å². The Morgan fingerprint density at radius 1 is 1.33 bits per heavy atom. The summed E-state index contributed by atoms with van der Waals surface area (Å²) in [6, 6.07) is 11.2. The Morgan fingerprint density at radius 2 is 2.14 bits per heavy atom. The molecule has 0 spiro atoms. The molecule has 0 radical (unpaired) electrons. The Hall–Kier alpha value is -2.20. The summed E-state index contributed by atoms with van der Waals surface area (Å²) in [5.41, 5.74) is 1.50. The zero-order valence-electron chi connectivity index (χ0n) is 11.8. The van der Waals surface area contributed by atoms with Gasteiger partial charge in [-0.1, -0.05) is 17.7 Å². The van der Waals surface area contributed by atoms with Crippen molar-refractivity contribution in [2.75, 3.05) is 0 Å². The normalized spacial score (nSPS) is 11.0. The molecule has 1 amide bonds. The van der Waals surface area contributed by atoms with E-state index in [1.807, 2.05) is 48.9 Å². The summed E-state index contributed by atoms with van der Waals surface area (Å²) in [6.45, 7) is 2.24. The van der Waals surface area contributed by atoms with Crippen molar-refractivity contribution in [1.82, 2.24) is 9.88 Å². The molecule has 4 nitrogen and oxygen atoms in total. The van der Waals surface area contributed by atoms with E-state index in [0.717, 1.165) is 22.4 Å². The number of aromatic nitrogens is 1.